The van der Waals surface area contributed by atoms with Crippen molar-refractivity contribution >= 4 is 16.7 Å². The summed E-state index contributed by atoms with van der Waals surface area (Å²) in [5, 5.41) is 0. The van der Waals surface area contributed by atoms with Gasteiger partial charge in [0, 0.05) is 53.1 Å². The Morgan fingerprint density at radius 2 is 2.16 bits per heavy atom. The molecule has 0 atom stereocenters. The lowest BCUT2D eigenvalue weighted by Gasteiger charge is -2.26. The highest BCUT2D eigenvalue weighted by Gasteiger charge is 2.20. The van der Waals surface area contributed by atoms with Gasteiger partial charge in [0.1, 0.15) is 0 Å². The minimum absolute atomic E-state index is 0.0133. The van der Waals surface area contributed by atoms with Gasteiger partial charge in [-0.2, -0.15) is 0 Å². The average Bonchev–Trinajstić information content (AvgIpc) is 2.38. The van der Waals surface area contributed by atoms with Crippen LogP contribution in [-0.2, 0) is 22.0 Å². The first-order chi connectivity index (χ1) is 9.08. The van der Waals surface area contributed by atoms with Crippen molar-refractivity contribution < 1.29 is 9.00 Å². The molecule has 1 saturated heterocycles. The maximum Gasteiger partial charge on any atom is 0.254 e. The van der Waals surface area contributed by atoms with Crippen LogP contribution in [0.4, 0.5) is 0 Å². The highest BCUT2D eigenvalue weighted by Crippen LogP contribution is 2.06. The third-order valence-corrected chi connectivity index (χ3v) is 4.56. The molecule has 19 heavy (non-hydrogen) atoms. The molecule has 0 aliphatic carbocycles. The largest absolute Gasteiger partial charge is 0.341 e. The van der Waals surface area contributed by atoms with Crippen LogP contribution in [0.3, 0.4) is 0 Å². The van der Waals surface area contributed by atoms with E-state index in [-0.39, 0.29) is 11.5 Å². The Hall–Kier alpha value is -1.50. The van der Waals surface area contributed by atoms with Crippen molar-refractivity contribution in [2.75, 3.05) is 24.6 Å². The molecule has 6 nitrogen and oxygen atoms in total. The molecular formula is C12H17N3O3S. The number of hydrogen-bond acceptors (Lipinski definition) is 4. The number of rotatable bonds is 3. The van der Waals surface area contributed by atoms with Crippen LogP contribution >= 0.6 is 0 Å². The molecule has 2 rings (SSSR count). The van der Waals surface area contributed by atoms with E-state index in [2.05, 4.69) is 9.97 Å². The summed E-state index contributed by atoms with van der Waals surface area (Å²) in [7, 11) is -0.784. The molecule has 0 bridgehead atoms. The number of nitrogens with one attached hydrogen (secondary N) is 1. The summed E-state index contributed by atoms with van der Waals surface area (Å²) >= 11 is 0. The molecule has 1 N–H and O–H groups in total. The summed E-state index contributed by atoms with van der Waals surface area (Å²) < 4.78 is 11.2. The predicted molar refractivity (Wildman–Crippen MR) is 72.4 cm³/mol. The lowest BCUT2D eigenvalue weighted by Crippen LogP contribution is -2.42. The van der Waals surface area contributed by atoms with E-state index in [0.717, 1.165) is 0 Å². The van der Waals surface area contributed by atoms with Gasteiger partial charge in [-0.1, -0.05) is 0 Å². The summed E-state index contributed by atoms with van der Waals surface area (Å²) in [6, 6.07) is 0. The molecule has 1 fully saturated rings. The fraction of sp³-hybridized carbons (Fsp3) is 0.583. The number of carbonyl (C=O) groups excluding carboxylic acids is 1. The Kier molecular flexibility index (Phi) is 4.47. The summed E-state index contributed by atoms with van der Waals surface area (Å²) in [5.74, 6) is 1.12. The number of hydrogen-bond donors (Lipinski definition) is 1. The second kappa shape index (κ2) is 6.10. The van der Waals surface area contributed by atoms with Gasteiger partial charge in [0.25, 0.3) is 5.56 Å². The summed E-state index contributed by atoms with van der Waals surface area (Å²) in [6.07, 6.45) is 2.05. The average molecular weight is 283 g/mol. The summed E-state index contributed by atoms with van der Waals surface area (Å²) in [5.41, 5.74) is 1.05. The van der Waals surface area contributed by atoms with Crippen molar-refractivity contribution in [3.8, 4) is 0 Å². The van der Waals surface area contributed by atoms with Gasteiger partial charge in [0.05, 0.1) is 6.33 Å². The van der Waals surface area contributed by atoms with E-state index in [1.165, 1.54) is 6.33 Å². The fourth-order valence-electron chi connectivity index (χ4n) is 2.09. The van der Waals surface area contributed by atoms with E-state index >= 15 is 0 Å². The van der Waals surface area contributed by atoms with Crippen molar-refractivity contribution in [3.63, 3.8) is 0 Å². The Morgan fingerprint density at radius 3 is 2.79 bits per heavy atom. The van der Waals surface area contributed by atoms with E-state index in [4.69, 9.17) is 0 Å². The third kappa shape index (κ3) is 3.50. The van der Waals surface area contributed by atoms with Crippen LogP contribution in [0, 0.1) is 6.92 Å². The zero-order valence-electron chi connectivity index (χ0n) is 10.8. The van der Waals surface area contributed by atoms with E-state index in [9.17, 15) is 13.8 Å². The molecule has 104 valence electrons. The SMILES string of the molecule is Cc1nc[nH]c(=O)c1CCC(=O)N1CCS(=O)CC1. The lowest BCUT2D eigenvalue weighted by molar-refractivity contribution is -0.130. The Bertz CT molecular complexity index is 545. The van der Waals surface area contributed by atoms with E-state index in [1.807, 2.05) is 0 Å². The monoisotopic (exact) mass is 283 g/mol. The first kappa shape index (κ1) is 13.9. The Balaban J connectivity index is 1.93. The first-order valence-corrected chi connectivity index (χ1v) is 7.72. The normalized spacial score (nSPS) is 16.6. The van der Waals surface area contributed by atoms with Crippen LogP contribution in [-0.4, -0.2) is 49.6 Å². The first-order valence-electron chi connectivity index (χ1n) is 6.24. The van der Waals surface area contributed by atoms with Crippen LogP contribution in [0.2, 0.25) is 0 Å². The second-order valence-electron chi connectivity index (χ2n) is 4.52. The van der Waals surface area contributed by atoms with Crippen LogP contribution in [0.15, 0.2) is 11.1 Å². The van der Waals surface area contributed by atoms with Gasteiger partial charge in [-0.3, -0.25) is 13.8 Å². The predicted octanol–water partition coefficient (Wildman–Crippen LogP) is -0.398. The maximum atomic E-state index is 12.0. The number of aryl methyl sites for hydroxylation is 1. The highest BCUT2D eigenvalue weighted by atomic mass is 32.2. The molecule has 1 aliphatic heterocycles. The number of amides is 1. The van der Waals surface area contributed by atoms with Crippen LogP contribution in [0.1, 0.15) is 17.7 Å². The zero-order valence-corrected chi connectivity index (χ0v) is 11.7. The zero-order chi connectivity index (χ0) is 13.8. The quantitative estimate of drug-likeness (QED) is 0.818. The van der Waals surface area contributed by atoms with E-state index in [1.54, 1.807) is 11.8 Å². The van der Waals surface area contributed by atoms with Crippen molar-refractivity contribution in [1.29, 1.82) is 0 Å². The molecular weight excluding hydrogens is 266 g/mol. The molecule has 0 radical (unpaired) electrons. The standard InChI is InChI=1S/C12H17N3O3S/c1-9-10(12(17)14-8-13-9)2-3-11(16)15-4-6-19(18)7-5-15/h8H,2-7H2,1H3,(H,13,14,17). The maximum absolute atomic E-state index is 12.0. The van der Waals surface area contributed by atoms with Crippen LogP contribution in [0.25, 0.3) is 0 Å². The molecule has 7 heteroatoms. The number of aromatic nitrogens is 2. The molecule has 0 unspecified atom stereocenters. The van der Waals surface area contributed by atoms with Gasteiger partial charge >= 0.3 is 0 Å². The number of H-pyrrole nitrogens is 1. The van der Waals surface area contributed by atoms with Gasteiger partial charge in [-0.25, -0.2) is 4.98 Å². The summed E-state index contributed by atoms with van der Waals surface area (Å²) in [6.45, 7) is 2.86. The topological polar surface area (TPSA) is 83.1 Å². The molecule has 0 aromatic carbocycles. The highest BCUT2D eigenvalue weighted by molar-refractivity contribution is 7.85. The summed E-state index contributed by atoms with van der Waals surface area (Å²) in [4.78, 5) is 31.9. The molecule has 0 saturated carbocycles. The molecule has 0 spiro atoms. The second-order valence-corrected chi connectivity index (χ2v) is 6.22. The Morgan fingerprint density at radius 1 is 1.47 bits per heavy atom. The number of aromatic amines is 1. The van der Waals surface area contributed by atoms with Crippen LogP contribution < -0.4 is 5.56 Å². The number of nitrogens with zero attached hydrogens (tertiary/aromatic N) is 2. The van der Waals surface area contributed by atoms with Gasteiger partial charge in [0.2, 0.25) is 5.91 Å². The van der Waals surface area contributed by atoms with Gasteiger partial charge in [0.15, 0.2) is 0 Å². The van der Waals surface area contributed by atoms with Crippen molar-refractivity contribution in [3.05, 3.63) is 27.9 Å². The van der Waals surface area contributed by atoms with Gasteiger partial charge < -0.3 is 9.88 Å². The molecule has 1 aromatic rings. The van der Waals surface area contributed by atoms with E-state index in [0.29, 0.717) is 48.7 Å². The Labute approximate surface area is 113 Å². The van der Waals surface area contributed by atoms with Crippen molar-refractivity contribution in [2.45, 2.75) is 19.8 Å². The molecule has 1 amide bonds. The molecule has 1 aliphatic rings. The third-order valence-electron chi connectivity index (χ3n) is 3.28. The smallest absolute Gasteiger partial charge is 0.254 e. The van der Waals surface area contributed by atoms with Crippen molar-refractivity contribution in [2.24, 2.45) is 0 Å². The minimum atomic E-state index is -0.784. The molecule has 1 aromatic heterocycles. The fourth-order valence-corrected chi connectivity index (χ4v) is 3.14. The van der Waals surface area contributed by atoms with E-state index < -0.39 is 10.8 Å². The molecule has 2 heterocycles. The minimum Gasteiger partial charge on any atom is -0.341 e. The van der Waals surface area contributed by atoms with Gasteiger partial charge in [-0.15, -0.1) is 0 Å². The van der Waals surface area contributed by atoms with Crippen molar-refractivity contribution in [1.82, 2.24) is 14.9 Å². The lowest BCUT2D eigenvalue weighted by atomic mass is 10.1. The van der Waals surface area contributed by atoms with Crippen LogP contribution in [0.5, 0.6) is 0 Å². The number of carbonyl (C=O) groups is 1. The van der Waals surface area contributed by atoms with Gasteiger partial charge in [-0.05, 0) is 13.3 Å².